The number of aromatic nitrogens is 4. The second-order valence-corrected chi connectivity index (χ2v) is 12.0. The summed E-state index contributed by atoms with van der Waals surface area (Å²) in [4.78, 5) is 15.2. The molecular formula is C44H30N4. The van der Waals surface area contributed by atoms with E-state index in [2.05, 4.69) is 95.9 Å². The first-order valence-electron chi connectivity index (χ1n) is 16.2. The second-order valence-electron chi connectivity index (χ2n) is 12.0. The van der Waals surface area contributed by atoms with E-state index < -0.39 is 0 Å². The number of fused-ring (bicyclic) bond motifs is 6. The lowest BCUT2D eigenvalue weighted by molar-refractivity contribution is 1.07. The molecule has 226 valence electrons. The Balaban J connectivity index is 1.36. The van der Waals surface area contributed by atoms with Crippen molar-refractivity contribution < 1.29 is 0 Å². The summed E-state index contributed by atoms with van der Waals surface area (Å²) in [6, 6.07) is 46.6. The highest BCUT2D eigenvalue weighted by atomic mass is 15.0. The van der Waals surface area contributed by atoms with Gasteiger partial charge < -0.3 is 4.40 Å². The van der Waals surface area contributed by atoms with Crippen molar-refractivity contribution in [2.24, 2.45) is 0 Å². The standard InChI is InChI=1S/C44H30N4/c1-3-14-28-23-26-37(44-46-42(29-15-7-5-8-16-29)45-43(47-44)30-17-9-6-10-18-30)40(32(28)4-2)31-24-25-34-36-21-13-20-35-33-19-11-12-22-38(33)48(41(35)36)39(34)27-31/h3-27H,2H2,1H3/b14-3-. The predicted octanol–water partition coefficient (Wildman–Crippen LogP) is 11.4. The highest BCUT2D eigenvalue weighted by Crippen LogP contribution is 2.43. The third-order valence-electron chi connectivity index (χ3n) is 9.28. The molecule has 0 fully saturated rings. The van der Waals surface area contributed by atoms with E-state index in [-0.39, 0.29) is 0 Å². The van der Waals surface area contributed by atoms with Crippen molar-refractivity contribution in [2.75, 3.05) is 0 Å². The van der Waals surface area contributed by atoms with Crippen LogP contribution in [0.25, 0.3) is 95.5 Å². The third-order valence-corrected chi connectivity index (χ3v) is 9.28. The van der Waals surface area contributed by atoms with Crippen molar-refractivity contribution in [2.45, 2.75) is 6.92 Å². The Hall–Kier alpha value is -6.39. The minimum absolute atomic E-state index is 0.616. The third kappa shape index (κ3) is 4.27. The quantitative estimate of drug-likeness (QED) is 0.187. The Labute approximate surface area is 278 Å². The molecule has 0 radical (unpaired) electrons. The maximum atomic E-state index is 5.13. The van der Waals surface area contributed by atoms with Crippen molar-refractivity contribution >= 4 is 50.2 Å². The van der Waals surface area contributed by atoms with Gasteiger partial charge in [-0.05, 0) is 41.8 Å². The fourth-order valence-electron chi connectivity index (χ4n) is 7.19. The van der Waals surface area contributed by atoms with E-state index in [1.54, 1.807) is 0 Å². The van der Waals surface area contributed by atoms with Crippen LogP contribution in [0.5, 0.6) is 0 Å². The second kappa shape index (κ2) is 11.1. The average Bonchev–Trinajstić information content (AvgIpc) is 3.67. The Morgan fingerprint density at radius 1 is 0.542 bits per heavy atom. The van der Waals surface area contributed by atoms with Gasteiger partial charge in [-0.3, -0.25) is 0 Å². The van der Waals surface area contributed by atoms with Crippen molar-refractivity contribution in [3.8, 4) is 45.3 Å². The monoisotopic (exact) mass is 614 g/mol. The summed E-state index contributed by atoms with van der Waals surface area (Å²) in [6.45, 7) is 6.34. The summed E-state index contributed by atoms with van der Waals surface area (Å²) >= 11 is 0. The van der Waals surface area contributed by atoms with Crippen LogP contribution in [0.2, 0.25) is 0 Å². The number of rotatable bonds is 6. The van der Waals surface area contributed by atoms with Gasteiger partial charge in [0.05, 0.1) is 16.6 Å². The molecule has 3 aromatic heterocycles. The number of para-hydroxylation sites is 2. The maximum Gasteiger partial charge on any atom is 0.164 e. The molecule has 0 aliphatic heterocycles. The number of hydrogen-bond acceptors (Lipinski definition) is 3. The molecule has 0 aliphatic carbocycles. The molecule has 0 saturated heterocycles. The largest absolute Gasteiger partial charge is 0.308 e. The van der Waals surface area contributed by atoms with Gasteiger partial charge in [0.1, 0.15) is 0 Å². The molecule has 0 unspecified atom stereocenters. The highest BCUT2D eigenvalue weighted by Gasteiger charge is 2.22. The van der Waals surface area contributed by atoms with Crippen LogP contribution in [0.1, 0.15) is 18.1 Å². The number of nitrogens with zero attached hydrogens (tertiary/aromatic N) is 4. The van der Waals surface area contributed by atoms with Gasteiger partial charge >= 0.3 is 0 Å². The molecule has 3 heterocycles. The van der Waals surface area contributed by atoms with Crippen LogP contribution in [0.3, 0.4) is 0 Å². The molecule has 4 nitrogen and oxygen atoms in total. The topological polar surface area (TPSA) is 43.1 Å². The Kier molecular flexibility index (Phi) is 6.47. The Morgan fingerprint density at radius 3 is 1.81 bits per heavy atom. The van der Waals surface area contributed by atoms with Crippen molar-refractivity contribution in [3.05, 3.63) is 157 Å². The van der Waals surface area contributed by atoms with Gasteiger partial charge in [-0.25, -0.2) is 15.0 Å². The molecule has 4 heteroatoms. The minimum atomic E-state index is 0.616. The molecule has 0 atom stereocenters. The van der Waals surface area contributed by atoms with E-state index in [0.717, 1.165) is 38.9 Å². The van der Waals surface area contributed by atoms with Crippen LogP contribution < -0.4 is 0 Å². The molecule has 0 N–H and O–H groups in total. The fourth-order valence-corrected chi connectivity index (χ4v) is 7.19. The van der Waals surface area contributed by atoms with Crippen LogP contribution >= 0.6 is 0 Å². The van der Waals surface area contributed by atoms with E-state index in [9.17, 15) is 0 Å². The minimum Gasteiger partial charge on any atom is -0.308 e. The van der Waals surface area contributed by atoms with Crippen LogP contribution in [-0.4, -0.2) is 19.4 Å². The summed E-state index contributed by atoms with van der Waals surface area (Å²) in [5.41, 5.74) is 10.7. The van der Waals surface area contributed by atoms with Crippen molar-refractivity contribution in [1.29, 1.82) is 0 Å². The summed E-state index contributed by atoms with van der Waals surface area (Å²) in [6.07, 6.45) is 6.16. The van der Waals surface area contributed by atoms with Crippen LogP contribution in [0.4, 0.5) is 0 Å². The van der Waals surface area contributed by atoms with Crippen molar-refractivity contribution in [3.63, 3.8) is 0 Å². The van der Waals surface area contributed by atoms with Gasteiger partial charge in [-0.2, -0.15) is 0 Å². The van der Waals surface area contributed by atoms with E-state index in [1.165, 1.54) is 38.1 Å². The average molecular weight is 615 g/mol. The van der Waals surface area contributed by atoms with Gasteiger partial charge in [0.15, 0.2) is 17.5 Å². The molecular weight excluding hydrogens is 585 g/mol. The molecule has 9 aromatic rings. The number of hydrogen-bond donors (Lipinski definition) is 0. The molecule has 0 aliphatic rings. The lowest BCUT2D eigenvalue weighted by Gasteiger charge is -2.17. The van der Waals surface area contributed by atoms with Gasteiger partial charge in [-0.1, -0.05) is 140 Å². The molecule has 0 bridgehead atoms. The number of allylic oxidation sites excluding steroid dienone is 1. The first-order chi connectivity index (χ1) is 23.7. The van der Waals surface area contributed by atoms with E-state index in [0.29, 0.717) is 17.5 Å². The normalized spacial score (nSPS) is 11.9. The highest BCUT2D eigenvalue weighted by molar-refractivity contribution is 6.23. The zero-order chi connectivity index (χ0) is 32.2. The summed E-state index contributed by atoms with van der Waals surface area (Å²) in [5.74, 6) is 1.88. The first kappa shape index (κ1) is 27.9. The Morgan fingerprint density at radius 2 is 1.15 bits per heavy atom. The molecule has 9 rings (SSSR count). The molecule has 0 saturated carbocycles. The molecule has 0 amide bonds. The summed E-state index contributed by atoms with van der Waals surface area (Å²) in [5, 5.41) is 5.03. The van der Waals surface area contributed by atoms with Gasteiger partial charge in [0, 0.05) is 43.8 Å². The lowest BCUT2D eigenvalue weighted by atomic mass is 9.89. The SMILES string of the molecule is C=Cc1c(/C=C\C)ccc(-c2nc(-c3ccccc3)nc(-c3ccccc3)n2)c1-c1ccc2c3cccc4c5ccccc5n(c2c1)c43. The molecule has 6 aromatic carbocycles. The zero-order valence-electron chi connectivity index (χ0n) is 26.4. The predicted molar refractivity (Wildman–Crippen MR) is 201 cm³/mol. The molecule has 0 spiro atoms. The summed E-state index contributed by atoms with van der Waals surface area (Å²) in [7, 11) is 0. The van der Waals surface area contributed by atoms with Crippen LogP contribution in [0, 0.1) is 0 Å². The fraction of sp³-hybridized carbons (Fsp3) is 0.0227. The number of benzene rings is 6. The maximum absolute atomic E-state index is 5.13. The van der Waals surface area contributed by atoms with Gasteiger partial charge in [-0.15, -0.1) is 0 Å². The first-order valence-corrected chi connectivity index (χ1v) is 16.2. The van der Waals surface area contributed by atoms with E-state index >= 15 is 0 Å². The van der Waals surface area contributed by atoms with Crippen molar-refractivity contribution in [1.82, 2.24) is 19.4 Å². The van der Waals surface area contributed by atoms with Gasteiger partial charge in [0.2, 0.25) is 0 Å². The molecule has 48 heavy (non-hydrogen) atoms. The van der Waals surface area contributed by atoms with E-state index in [1.807, 2.05) is 73.7 Å². The smallest absolute Gasteiger partial charge is 0.164 e. The van der Waals surface area contributed by atoms with Crippen LogP contribution in [-0.2, 0) is 0 Å². The summed E-state index contributed by atoms with van der Waals surface area (Å²) < 4.78 is 2.42. The van der Waals surface area contributed by atoms with Gasteiger partial charge in [0.25, 0.3) is 0 Å². The zero-order valence-corrected chi connectivity index (χ0v) is 26.4. The van der Waals surface area contributed by atoms with E-state index in [4.69, 9.17) is 15.0 Å². The van der Waals surface area contributed by atoms with Crippen LogP contribution in [0.15, 0.2) is 146 Å². The Bertz CT molecular complexity index is 2630. The lowest BCUT2D eigenvalue weighted by Crippen LogP contribution is -2.02.